The summed E-state index contributed by atoms with van der Waals surface area (Å²) in [5, 5.41) is 2.73. The molecule has 0 aliphatic heterocycles. The van der Waals surface area contributed by atoms with Crippen molar-refractivity contribution in [3.05, 3.63) is 85.6 Å². The van der Waals surface area contributed by atoms with Gasteiger partial charge in [-0.15, -0.1) is 3.97 Å². The van der Waals surface area contributed by atoms with E-state index >= 15 is 0 Å². The van der Waals surface area contributed by atoms with E-state index in [1.54, 1.807) is 0 Å². The Bertz CT molecular complexity index is 1670. The second-order valence-electron chi connectivity index (χ2n) is 6.91. The van der Waals surface area contributed by atoms with Crippen LogP contribution in [0.15, 0.2) is 69.2 Å². The molecule has 34 heavy (non-hydrogen) atoms. The number of nitrogen functional groups attached to an aromatic ring is 1. The highest BCUT2D eigenvalue weighted by Gasteiger charge is 2.26. The summed E-state index contributed by atoms with van der Waals surface area (Å²) in [6.07, 6.45) is 1.32. The van der Waals surface area contributed by atoms with E-state index in [-0.39, 0.29) is 41.6 Å². The molecule has 0 radical (unpaired) electrons. The molecule has 14 heteroatoms. The van der Waals surface area contributed by atoms with Gasteiger partial charge in [0.15, 0.2) is 0 Å². The number of nitrogens with one attached hydrogen (secondary N) is 1. The topological polar surface area (TPSA) is 159 Å². The van der Waals surface area contributed by atoms with E-state index in [1.807, 2.05) is 0 Å². The molecule has 4 aromatic rings. The highest BCUT2D eigenvalue weighted by atomic mass is 35.5. The molecule has 3 N–H and O–H groups in total. The number of amides is 1. The van der Waals surface area contributed by atoms with Crippen molar-refractivity contribution in [2.24, 2.45) is 0 Å². The van der Waals surface area contributed by atoms with E-state index in [2.05, 4.69) is 15.3 Å². The summed E-state index contributed by atoms with van der Waals surface area (Å²) in [4.78, 5) is 46.3. The van der Waals surface area contributed by atoms with Gasteiger partial charge in [-0.1, -0.05) is 23.2 Å². The monoisotopic (exact) mass is 520 g/mol. The van der Waals surface area contributed by atoms with Crippen LogP contribution in [0.2, 0.25) is 10.0 Å². The average Bonchev–Trinajstić information content (AvgIpc) is 2.76. The number of nitrogens with zero attached hydrogens (tertiary/aromatic N) is 4. The zero-order valence-corrected chi connectivity index (χ0v) is 19.3. The van der Waals surface area contributed by atoms with Crippen molar-refractivity contribution < 1.29 is 13.2 Å². The van der Waals surface area contributed by atoms with Gasteiger partial charge >= 0.3 is 5.69 Å². The number of hydrogen-bond donors (Lipinski definition) is 2. The van der Waals surface area contributed by atoms with E-state index < -0.39 is 33.7 Å². The molecule has 0 saturated heterocycles. The molecule has 0 aliphatic rings. The molecule has 1 amide bonds. The summed E-state index contributed by atoms with van der Waals surface area (Å²) < 4.78 is 27.4. The smallest absolute Gasteiger partial charge is 0.346 e. The standard InChI is InChI=1S/C20H14Cl2N6O5S/c21-11-1-4-13(5-2-11)34(32,33)28-18(30)14-6-3-12(22)9-15(14)27(20(28)31)10-17(29)25-16-7-8-24-19(23)26-16/h1-9H,10H2,(H3,23,24,25,26,29). The van der Waals surface area contributed by atoms with Crippen molar-refractivity contribution >= 4 is 61.8 Å². The van der Waals surface area contributed by atoms with Crippen LogP contribution >= 0.6 is 23.2 Å². The summed E-state index contributed by atoms with van der Waals surface area (Å²) in [6.45, 7) is -0.657. The fourth-order valence-corrected chi connectivity index (χ4v) is 4.77. The Morgan fingerprint density at radius 1 is 1.03 bits per heavy atom. The Labute approximate surface area is 201 Å². The first kappa shape index (κ1) is 23.4. The van der Waals surface area contributed by atoms with E-state index in [0.717, 1.165) is 16.7 Å². The van der Waals surface area contributed by atoms with E-state index in [1.165, 1.54) is 42.6 Å². The lowest BCUT2D eigenvalue weighted by atomic mass is 10.2. The fourth-order valence-electron chi connectivity index (χ4n) is 3.16. The summed E-state index contributed by atoms with van der Waals surface area (Å²) in [6, 6.07) is 10.2. The van der Waals surface area contributed by atoms with Crippen LogP contribution < -0.4 is 22.3 Å². The average molecular weight is 521 g/mol. The highest BCUT2D eigenvalue weighted by molar-refractivity contribution is 7.90. The molecule has 2 aromatic heterocycles. The number of halogens is 2. The molecule has 0 aliphatic carbocycles. The largest absolute Gasteiger partial charge is 0.368 e. The van der Waals surface area contributed by atoms with Crippen LogP contribution in [-0.4, -0.2) is 32.8 Å². The molecular weight excluding hydrogens is 507 g/mol. The fraction of sp³-hybridized carbons (Fsp3) is 0.0500. The molecular formula is C20H14Cl2N6O5S. The first-order chi connectivity index (χ1) is 16.1. The van der Waals surface area contributed by atoms with Gasteiger partial charge in [0, 0.05) is 16.2 Å². The van der Waals surface area contributed by atoms with Crippen LogP contribution in [0.5, 0.6) is 0 Å². The molecule has 0 unspecified atom stereocenters. The minimum atomic E-state index is -4.63. The van der Waals surface area contributed by atoms with Crippen LogP contribution in [0.4, 0.5) is 11.8 Å². The Balaban J connectivity index is 1.90. The minimum absolute atomic E-state index is 0.0255. The minimum Gasteiger partial charge on any atom is -0.368 e. The Hall–Kier alpha value is -3.74. The van der Waals surface area contributed by atoms with Crippen LogP contribution in [0, 0.1) is 0 Å². The molecule has 0 atom stereocenters. The highest BCUT2D eigenvalue weighted by Crippen LogP contribution is 2.19. The molecule has 0 spiro atoms. The van der Waals surface area contributed by atoms with Crippen molar-refractivity contribution in [3.63, 3.8) is 0 Å². The van der Waals surface area contributed by atoms with Gasteiger partial charge in [0.25, 0.3) is 15.6 Å². The Kier molecular flexibility index (Phi) is 6.13. The molecule has 0 fully saturated rings. The number of aromatic nitrogens is 4. The molecule has 174 valence electrons. The Morgan fingerprint density at radius 2 is 1.71 bits per heavy atom. The number of carbonyl (C=O) groups is 1. The van der Waals surface area contributed by atoms with Gasteiger partial charge < -0.3 is 11.1 Å². The van der Waals surface area contributed by atoms with Gasteiger partial charge in [0.05, 0.1) is 15.8 Å². The molecule has 4 rings (SSSR count). The predicted octanol–water partition coefficient (Wildman–Crippen LogP) is 1.72. The first-order valence-corrected chi connectivity index (χ1v) is 11.6. The summed E-state index contributed by atoms with van der Waals surface area (Å²) in [7, 11) is -4.63. The Morgan fingerprint density at radius 3 is 2.38 bits per heavy atom. The van der Waals surface area contributed by atoms with Crippen LogP contribution in [-0.2, 0) is 21.4 Å². The van der Waals surface area contributed by atoms with Crippen molar-refractivity contribution in [2.75, 3.05) is 11.1 Å². The summed E-state index contributed by atoms with van der Waals surface area (Å²) in [5.41, 5.74) is 3.12. The van der Waals surface area contributed by atoms with Gasteiger partial charge in [-0.05, 0) is 48.5 Å². The quantitative estimate of drug-likeness (QED) is 0.402. The maximum Gasteiger partial charge on any atom is 0.346 e. The first-order valence-electron chi connectivity index (χ1n) is 9.42. The maximum atomic E-state index is 13.3. The van der Waals surface area contributed by atoms with E-state index in [0.29, 0.717) is 0 Å². The zero-order chi connectivity index (χ0) is 24.6. The molecule has 0 saturated carbocycles. The van der Waals surface area contributed by atoms with Crippen LogP contribution in [0.3, 0.4) is 0 Å². The lowest BCUT2D eigenvalue weighted by molar-refractivity contribution is -0.116. The molecule has 2 aromatic carbocycles. The SMILES string of the molecule is Nc1nccc(NC(=O)Cn2c(=O)n(S(=O)(=O)c3ccc(Cl)cc3)c(=O)c3ccc(Cl)cc32)n1. The third-order valence-electron chi connectivity index (χ3n) is 4.67. The van der Waals surface area contributed by atoms with Crippen molar-refractivity contribution in [2.45, 2.75) is 11.4 Å². The number of hydrogen-bond acceptors (Lipinski definition) is 8. The van der Waals surface area contributed by atoms with Gasteiger partial charge in [0.2, 0.25) is 11.9 Å². The second-order valence-corrected chi connectivity index (χ2v) is 9.57. The van der Waals surface area contributed by atoms with Crippen molar-refractivity contribution in [1.82, 2.24) is 18.5 Å². The van der Waals surface area contributed by atoms with Gasteiger partial charge in [-0.3, -0.25) is 14.2 Å². The number of fused-ring (bicyclic) bond motifs is 1. The maximum absolute atomic E-state index is 13.3. The molecule has 0 bridgehead atoms. The summed E-state index contributed by atoms with van der Waals surface area (Å²) in [5.74, 6) is -0.764. The molecule has 11 nitrogen and oxygen atoms in total. The number of carbonyl (C=O) groups excluding carboxylic acids is 1. The number of benzene rings is 2. The number of anilines is 2. The third kappa shape index (κ3) is 4.38. The van der Waals surface area contributed by atoms with Gasteiger partial charge in [0.1, 0.15) is 12.4 Å². The van der Waals surface area contributed by atoms with Crippen molar-refractivity contribution in [1.29, 1.82) is 0 Å². The van der Waals surface area contributed by atoms with Crippen LogP contribution in [0.1, 0.15) is 0 Å². The van der Waals surface area contributed by atoms with Gasteiger partial charge in [-0.25, -0.2) is 18.2 Å². The lowest BCUT2D eigenvalue weighted by Crippen LogP contribution is -2.45. The summed E-state index contributed by atoms with van der Waals surface area (Å²) >= 11 is 11.9. The second kappa shape index (κ2) is 8.89. The zero-order valence-electron chi connectivity index (χ0n) is 17.0. The van der Waals surface area contributed by atoms with Gasteiger partial charge in [-0.2, -0.15) is 4.98 Å². The predicted molar refractivity (Wildman–Crippen MR) is 127 cm³/mol. The number of rotatable bonds is 5. The van der Waals surface area contributed by atoms with Crippen LogP contribution in [0.25, 0.3) is 10.9 Å². The lowest BCUT2D eigenvalue weighted by Gasteiger charge is -2.14. The third-order valence-corrected chi connectivity index (χ3v) is 6.82. The van der Waals surface area contributed by atoms with E-state index in [4.69, 9.17) is 28.9 Å². The molecule has 2 heterocycles. The normalized spacial score (nSPS) is 11.5. The van der Waals surface area contributed by atoms with Crippen molar-refractivity contribution in [3.8, 4) is 0 Å². The number of nitrogens with two attached hydrogens (primary N) is 1. The van der Waals surface area contributed by atoms with E-state index in [9.17, 15) is 22.8 Å².